The average Bonchev–Trinajstić information content (AvgIpc) is 3.27. The third-order valence-electron chi connectivity index (χ3n) is 6.12. The Labute approximate surface area is 193 Å². The molecule has 180 valence electrons. The summed E-state index contributed by atoms with van der Waals surface area (Å²) < 4.78 is 60.6. The van der Waals surface area contributed by atoms with Crippen molar-refractivity contribution in [2.24, 2.45) is 0 Å². The first-order chi connectivity index (χ1) is 15.6. The van der Waals surface area contributed by atoms with Crippen LogP contribution in [-0.4, -0.2) is 39.3 Å². The molecule has 6 nitrogen and oxygen atoms in total. The second-order valence-corrected chi connectivity index (χ2v) is 10.6. The average molecular weight is 482 g/mol. The minimum Gasteiger partial charge on any atom is -0.493 e. The molecule has 1 aliphatic rings. The van der Waals surface area contributed by atoms with Crippen molar-refractivity contribution in [1.29, 1.82) is 0 Å². The molecule has 0 spiro atoms. The number of hydrogen-bond donors (Lipinski definition) is 1. The molecule has 1 amide bonds. The minimum absolute atomic E-state index is 0.0962. The maximum Gasteiger partial charge on any atom is 0.387 e. The van der Waals surface area contributed by atoms with Crippen LogP contribution in [0.5, 0.6) is 11.5 Å². The van der Waals surface area contributed by atoms with E-state index in [2.05, 4.69) is 10.1 Å². The predicted octanol–water partition coefficient (Wildman–Crippen LogP) is 4.36. The van der Waals surface area contributed by atoms with E-state index in [4.69, 9.17) is 4.74 Å². The molecule has 0 atom stereocenters. The molecule has 33 heavy (non-hydrogen) atoms. The highest BCUT2D eigenvalue weighted by Gasteiger charge is 2.53. The third kappa shape index (κ3) is 5.13. The number of benzene rings is 2. The third-order valence-corrected chi connectivity index (χ3v) is 8.76. The summed E-state index contributed by atoms with van der Waals surface area (Å²) >= 11 is 0. The van der Waals surface area contributed by atoms with Gasteiger partial charge in [-0.1, -0.05) is 31.0 Å². The van der Waals surface area contributed by atoms with Crippen molar-refractivity contribution < 1.29 is 31.5 Å². The number of methoxy groups -OCH3 is 1. The van der Waals surface area contributed by atoms with Gasteiger partial charge in [0.15, 0.2) is 26.1 Å². The fourth-order valence-electron chi connectivity index (χ4n) is 4.32. The first-order valence-electron chi connectivity index (χ1n) is 10.8. The lowest BCUT2D eigenvalue weighted by molar-refractivity contribution is -0.123. The summed E-state index contributed by atoms with van der Waals surface area (Å²) in [4.78, 5) is 13.5. The number of alkyl halides is 2. The largest absolute Gasteiger partial charge is 0.493 e. The highest BCUT2D eigenvalue weighted by atomic mass is 32.2. The molecule has 0 saturated heterocycles. The molecule has 0 aliphatic heterocycles. The summed E-state index contributed by atoms with van der Waals surface area (Å²) in [6.07, 6.45) is 2.16. The van der Waals surface area contributed by atoms with Gasteiger partial charge >= 0.3 is 6.61 Å². The quantitative estimate of drug-likeness (QED) is 0.576. The molecule has 0 bridgehead atoms. The molecule has 0 aromatic heterocycles. The number of carbonyl (C=O) groups excluding carboxylic acids is 1. The molecule has 2 aromatic carbocycles. The number of halogens is 2. The van der Waals surface area contributed by atoms with Gasteiger partial charge in [0, 0.05) is 6.54 Å². The second-order valence-electron chi connectivity index (χ2n) is 8.34. The molecule has 1 aliphatic carbocycles. The Kier molecular flexibility index (Phi) is 7.62. The molecule has 0 radical (unpaired) electrons. The number of amides is 1. The Morgan fingerprint density at radius 2 is 1.79 bits per heavy atom. The molecule has 1 saturated carbocycles. The molecule has 1 N–H and O–H groups in total. The van der Waals surface area contributed by atoms with Gasteiger partial charge in [0.2, 0.25) is 5.91 Å². The fraction of sp³-hybridized carbons (Fsp3) is 0.458. The number of hydrogen-bond acceptors (Lipinski definition) is 5. The standard InChI is InChI=1S/C24H29F2NO5S/c1-16-6-7-17(2)21(14-16)33(29,30)24(11-4-5-12-24)22(28)27-13-10-18-8-9-19(31-3)20(15-18)32-23(25)26/h6-9,14-15,23H,4-5,10-13H2,1-3H3,(H,27,28). The summed E-state index contributed by atoms with van der Waals surface area (Å²) in [6, 6.07) is 9.84. The maximum absolute atomic E-state index is 13.7. The van der Waals surface area contributed by atoms with Crippen molar-refractivity contribution in [2.45, 2.75) is 62.2 Å². The van der Waals surface area contributed by atoms with Crippen LogP contribution in [0.25, 0.3) is 0 Å². The molecule has 3 rings (SSSR count). The Morgan fingerprint density at radius 3 is 2.42 bits per heavy atom. The van der Waals surface area contributed by atoms with Gasteiger partial charge in [0.25, 0.3) is 0 Å². The number of rotatable bonds is 9. The second kappa shape index (κ2) is 10.1. The monoisotopic (exact) mass is 481 g/mol. The van der Waals surface area contributed by atoms with Crippen LogP contribution in [0.1, 0.15) is 42.4 Å². The predicted molar refractivity (Wildman–Crippen MR) is 121 cm³/mol. The lowest BCUT2D eigenvalue weighted by Crippen LogP contribution is -2.51. The van der Waals surface area contributed by atoms with E-state index in [9.17, 15) is 22.0 Å². The Morgan fingerprint density at radius 1 is 1.09 bits per heavy atom. The fourth-order valence-corrected chi connectivity index (χ4v) is 6.71. The van der Waals surface area contributed by atoms with Crippen LogP contribution in [0.4, 0.5) is 8.78 Å². The van der Waals surface area contributed by atoms with Crippen molar-refractivity contribution in [1.82, 2.24) is 5.32 Å². The van der Waals surface area contributed by atoms with Gasteiger partial charge in [-0.05, 0) is 68.0 Å². The van der Waals surface area contributed by atoms with Crippen molar-refractivity contribution in [3.8, 4) is 11.5 Å². The topological polar surface area (TPSA) is 81.7 Å². The van der Waals surface area contributed by atoms with E-state index in [1.165, 1.54) is 19.2 Å². The number of sulfone groups is 1. The van der Waals surface area contributed by atoms with E-state index < -0.39 is 27.1 Å². The van der Waals surface area contributed by atoms with E-state index in [0.29, 0.717) is 30.4 Å². The molecule has 2 aromatic rings. The summed E-state index contributed by atoms with van der Waals surface area (Å²) in [5.41, 5.74) is 2.07. The van der Waals surface area contributed by atoms with Gasteiger partial charge in [-0.15, -0.1) is 0 Å². The SMILES string of the molecule is COc1ccc(CCNC(=O)C2(S(=O)(=O)c3cc(C)ccc3C)CCCC2)cc1OC(F)F. The van der Waals surface area contributed by atoms with Crippen LogP contribution in [0.3, 0.4) is 0 Å². The summed E-state index contributed by atoms with van der Waals surface area (Å²) in [7, 11) is -2.56. The number of carbonyl (C=O) groups is 1. The van der Waals surface area contributed by atoms with Gasteiger partial charge in [-0.25, -0.2) is 8.42 Å². The van der Waals surface area contributed by atoms with Crippen LogP contribution >= 0.6 is 0 Å². The molecule has 1 fully saturated rings. The zero-order chi connectivity index (χ0) is 24.2. The Hall–Kier alpha value is -2.68. The van der Waals surface area contributed by atoms with Crippen molar-refractivity contribution >= 4 is 15.7 Å². The summed E-state index contributed by atoms with van der Waals surface area (Å²) in [6.45, 7) is 0.714. The van der Waals surface area contributed by atoms with E-state index in [1.54, 1.807) is 25.1 Å². The smallest absolute Gasteiger partial charge is 0.387 e. The van der Waals surface area contributed by atoms with E-state index >= 15 is 0 Å². The number of nitrogens with one attached hydrogen (secondary N) is 1. The normalized spacial score (nSPS) is 15.5. The van der Waals surface area contributed by atoms with Crippen molar-refractivity contribution in [2.75, 3.05) is 13.7 Å². The lowest BCUT2D eigenvalue weighted by atomic mass is 10.1. The van der Waals surface area contributed by atoms with Crippen LogP contribution in [0, 0.1) is 13.8 Å². The Bertz CT molecular complexity index is 1110. The van der Waals surface area contributed by atoms with Crippen LogP contribution < -0.4 is 14.8 Å². The maximum atomic E-state index is 13.7. The van der Waals surface area contributed by atoms with Crippen molar-refractivity contribution in [3.05, 3.63) is 53.1 Å². The van der Waals surface area contributed by atoms with Gasteiger partial charge in [0.05, 0.1) is 12.0 Å². The van der Waals surface area contributed by atoms with Gasteiger partial charge in [-0.2, -0.15) is 8.78 Å². The van der Waals surface area contributed by atoms with E-state index in [0.717, 1.165) is 5.56 Å². The highest BCUT2D eigenvalue weighted by molar-refractivity contribution is 7.93. The first kappa shape index (κ1) is 25.0. The Balaban J connectivity index is 1.77. The molecule has 9 heteroatoms. The van der Waals surface area contributed by atoms with E-state index in [-0.39, 0.29) is 35.8 Å². The molecule has 0 heterocycles. The number of ether oxygens (including phenoxy) is 2. The molecular weight excluding hydrogens is 452 g/mol. The van der Waals surface area contributed by atoms with Gasteiger partial charge in [0.1, 0.15) is 0 Å². The summed E-state index contributed by atoms with van der Waals surface area (Å²) in [5.74, 6) is -0.438. The molecule has 0 unspecified atom stereocenters. The van der Waals surface area contributed by atoms with E-state index in [1.807, 2.05) is 13.0 Å². The van der Waals surface area contributed by atoms with Gasteiger partial charge < -0.3 is 14.8 Å². The zero-order valence-corrected chi connectivity index (χ0v) is 19.8. The van der Waals surface area contributed by atoms with Crippen LogP contribution in [0.2, 0.25) is 0 Å². The zero-order valence-electron chi connectivity index (χ0n) is 19.0. The minimum atomic E-state index is -3.91. The first-order valence-corrected chi connectivity index (χ1v) is 12.3. The van der Waals surface area contributed by atoms with Crippen molar-refractivity contribution in [3.63, 3.8) is 0 Å². The lowest BCUT2D eigenvalue weighted by Gasteiger charge is -2.28. The molecular formula is C24H29F2NO5S. The highest BCUT2D eigenvalue weighted by Crippen LogP contribution is 2.41. The van der Waals surface area contributed by atoms with Crippen LogP contribution in [0.15, 0.2) is 41.3 Å². The summed E-state index contributed by atoms with van der Waals surface area (Å²) in [5, 5.41) is 2.77. The van der Waals surface area contributed by atoms with Gasteiger partial charge in [-0.3, -0.25) is 4.79 Å². The van der Waals surface area contributed by atoms with Crippen LogP contribution in [-0.2, 0) is 21.1 Å². The number of aryl methyl sites for hydroxylation is 2.